The number of hydrogen-bond acceptors (Lipinski definition) is 6. The number of hydrogen-bond donors (Lipinski definition) is 2. The third-order valence-electron chi connectivity index (χ3n) is 2.31. The summed E-state index contributed by atoms with van der Waals surface area (Å²) in [4.78, 5) is 17.2. The van der Waals surface area contributed by atoms with E-state index < -0.39 is 0 Å². The van der Waals surface area contributed by atoms with Crippen molar-refractivity contribution in [3.8, 4) is 0 Å². The van der Waals surface area contributed by atoms with Crippen LogP contribution in [0, 0.1) is 0 Å². The molecule has 2 aromatic heterocycles. The number of amides is 1. The number of carbonyl (C=O) groups excluding carboxylic acids is 1. The Labute approximate surface area is 110 Å². The van der Waals surface area contributed by atoms with E-state index in [1.165, 1.54) is 4.80 Å². The second kappa shape index (κ2) is 5.89. The lowest BCUT2D eigenvalue weighted by molar-refractivity contribution is 0.102. The van der Waals surface area contributed by atoms with Crippen LogP contribution in [0.4, 0.5) is 11.6 Å². The molecule has 0 radical (unpaired) electrons. The van der Waals surface area contributed by atoms with Crippen molar-refractivity contribution in [3.05, 3.63) is 24.0 Å². The van der Waals surface area contributed by atoms with E-state index in [0.29, 0.717) is 5.69 Å². The van der Waals surface area contributed by atoms with E-state index in [9.17, 15) is 4.79 Å². The minimum absolute atomic E-state index is 0.155. The quantitative estimate of drug-likeness (QED) is 0.821. The maximum absolute atomic E-state index is 11.8. The van der Waals surface area contributed by atoms with Crippen molar-refractivity contribution in [2.24, 2.45) is 7.05 Å². The molecule has 8 nitrogen and oxygen atoms in total. The summed E-state index contributed by atoms with van der Waals surface area (Å²) in [6, 6.07) is 3.45. The van der Waals surface area contributed by atoms with Gasteiger partial charge in [0.25, 0.3) is 11.9 Å². The number of pyridine rings is 1. The Kier molecular flexibility index (Phi) is 4.01. The predicted molar refractivity (Wildman–Crippen MR) is 69.8 cm³/mol. The average molecular weight is 261 g/mol. The summed E-state index contributed by atoms with van der Waals surface area (Å²) in [5.41, 5.74) is 1.19. The monoisotopic (exact) mass is 261 g/mol. The zero-order valence-corrected chi connectivity index (χ0v) is 10.8. The highest BCUT2D eigenvalue weighted by Crippen LogP contribution is 2.07. The molecule has 0 bridgehead atoms. The fourth-order valence-corrected chi connectivity index (χ4v) is 1.40. The van der Waals surface area contributed by atoms with Gasteiger partial charge in [-0.2, -0.15) is 4.80 Å². The number of nitrogens with one attached hydrogen (secondary N) is 2. The number of tetrazole rings is 1. The molecule has 0 aliphatic carbocycles. The zero-order valence-electron chi connectivity index (χ0n) is 10.8. The van der Waals surface area contributed by atoms with Gasteiger partial charge in [0, 0.05) is 6.54 Å². The van der Waals surface area contributed by atoms with Crippen molar-refractivity contribution in [2.45, 2.75) is 13.3 Å². The van der Waals surface area contributed by atoms with E-state index in [2.05, 4.69) is 38.0 Å². The van der Waals surface area contributed by atoms with Crippen LogP contribution >= 0.6 is 0 Å². The molecule has 0 aliphatic rings. The number of carbonyl (C=O) groups is 1. The lowest BCUT2D eigenvalue weighted by Gasteiger charge is -2.04. The normalized spacial score (nSPS) is 10.2. The molecule has 0 aliphatic heterocycles. The van der Waals surface area contributed by atoms with Gasteiger partial charge in [0.05, 0.1) is 18.9 Å². The minimum Gasteiger partial charge on any atom is -0.384 e. The summed E-state index contributed by atoms with van der Waals surface area (Å²) < 4.78 is 0. The van der Waals surface area contributed by atoms with Crippen LogP contribution in [0.15, 0.2) is 18.3 Å². The van der Waals surface area contributed by atoms with Crippen LogP contribution in [0.2, 0.25) is 0 Å². The molecule has 8 heteroatoms. The Morgan fingerprint density at radius 1 is 1.42 bits per heavy atom. The van der Waals surface area contributed by atoms with Crippen molar-refractivity contribution in [2.75, 3.05) is 17.2 Å². The first kappa shape index (κ1) is 12.9. The van der Waals surface area contributed by atoms with E-state index in [1.54, 1.807) is 19.3 Å². The number of rotatable bonds is 5. The van der Waals surface area contributed by atoms with Gasteiger partial charge in [0.1, 0.15) is 5.69 Å². The Bertz CT molecular complexity index is 548. The molecule has 0 spiro atoms. The van der Waals surface area contributed by atoms with Crippen molar-refractivity contribution in [1.82, 2.24) is 25.2 Å². The standard InChI is InChI=1S/C11H15N7O/c1-3-6-12-8-4-5-9(13-7-8)10(19)14-11-15-17-18(2)16-11/h4-5,7,12H,3,6H2,1-2H3,(H,14,16,19). The van der Waals surface area contributed by atoms with E-state index in [1.807, 2.05) is 6.07 Å². The van der Waals surface area contributed by atoms with Gasteiger partial charge >= 0.3 is 0 Å². The van der Waals surface area contributed by atoms with Crippen LogP contribution in [-0.2, 0) is 7.05 Å². The van der Waals surface area contributed by atoms with Crippen LogP contribution in [0.1, 0.15) is 23.8 Å². The third-order valence-corrected chi connectivity index (χ3v) is 2.31. The molecular formula is C11H15N7O. The molecule has 0 saturated carbocycles. The van der Waals surface area contributed by atoms with Gasteiger partial charge in [-0.3, -0.25) is 10.1 Å². The lowest BCUT2D eigenvalue weighted by Crippen LogP contribution is -2.15. The third kappa shape index (κ3) is 3.47. The molecule has 100 valence electrons. The highest BCUT2D eigenvalue weighted by molar-refractivity contribution is 6.01. The maximum Gasteiger partial charge on any atom is 0.276 e. The molecule has 2 rings (SSSR count). The number of aromatic nitrogens is 5. The average Bonchev–Trinajstić information content (AvgIpc) is 2.82. The highest BCUT2D eigenvalue weighted by Gasteiger charge is 2.10. The van der Waals surface area contributed by atoms with Crippen molar-refractivity contribution in [1.29, 1.82) is 0 Å². The fraction of sp³-hybridized carbons (Fsp3) is 0.364. The topological polar surface area (TPSA) is 97.6 Å². The van der Waals surface area contributed by atoms with Crippen molar-refractivity contribution >= 4 is 17.5 Å². The lowest BCUT2D eigenvalue weighted by atomic mass is 10.3. The Morgan fingerprint density at radius 2 is 2.26 bits per heavy atom. The summed E-state index contributed by atoms with van der Waals surface area (Å²) in [6.45, 7) is 2.95. The highest BCUT2D eigenvalue weighted by atomic mass is 16.2. The summed E-state index contributed by atoms with van der Waals surface area (Å²) in [5.74, 6) is -0.211. The van der Waals surface area contributed by atoms with Gasteiger partial charge in [-0.15, -0.1) is 5.10 Å². The SMILES string of the molecule is CCCNc1ccc(C(=O)Nc2nnn(C)n2)nc1. The maximum atomic E-state index is 11.8. The summed E-state index contributed by atoms with van der Waals surface area (Å²) in [5, 5.41) is 16.8. The first-order chi connectivity index (χ1) is 9.19. The minimum atomic E-state index is -0.366. The molecule has 0 saturated heterocycles. The Morgan fingerprint density at radius 3 is 2.84 bits per heavy atom. The van der Waals surface area contributed by atoms with Crippen molar-refractivity contribution < 1.29 is 4.79 Å². The second-order valence-electron chi connectivity index (χ2n) is 3.92. The largest absolute Gasteiger partial charge is 0.384 e. The Hall–Kier alpha value is -2.51. The first-order valence-electron chi connectivity index (χ1n) is 5.94. The molecule has 1 amide bonds. The number of aryl methyl sites for hydroxylation is 1. The van der Waals surface area contributed by atoms with E-state index >= 15 is 0 Å². The van der Waals surface area contributed by atoms with Gasteiger partial charge in [-0.1, -0.05) is 12.0 Å². The van der Waals surface area contributed by atoms with Crippen LogP contribution in [0.3, 0.4) is 0 Å². The van der Waals surface area contributed by atoms with Crippen molar-refractivity contribution in [3.63, 3.8) is 0 Å². The summed E-state index contributed by atoms with van der Waals surface area (Å²) in [7, 11) is 1.62. The first-order valence-corrected chi connectivity index (χ1v) is 5.94. The zero-order chi connectivity index (χ0) is 13.7. The molecule has 0 unspecified atom stereocenters. The Balaban J connectivity index is 1.99. The molecule has 2 heterocycles. The summed E-state index contributed by atoms with van der Waals surface area (Å²) >= 11 is 0. The van der Waals surface area contributed by atoms with Crippen LogP contribution < -0.4 is 10.6 Å². The molecular weight excluding hydrogens is 246 g/mol. The van der Waals surface area contributed by atoms with Gasteiger partial charge in [0.2, 0.25) is 0 Å². The molecule has 2 aromatic rings. The van der Waals surface area contributed by atoms with Gasteiger partial charge in [-0.25, -0.2) is 4.98 Å². The van der Waals surface area contributed by atoms with Crippen LogP contribution in [0.5, 0.6) is 0 Å². The fourth-order valence-electron chi connectivity index (χ4n) is 1.40. The molecule has 19 heavy (non-hydrogen) atoms. The number of nitrogens with zero attached hydrogens (tertiary/aromatic N) is 5. The van der Waals surface area contributed by atoms with Crippen LogP contribution in [0.25, 0.3) is 0 Å². The second-order valence-corrected chi connectivity index (χ2v) is 3.92. The summed E-state index contributed by atoms with van der Waals surface area (Å²) in [6.07, 6.45) is 2.65. The van der Waals surface area contributed by atoms with Gasteiger partial charge in [0.15, 0.2) is 0 Å². The predicted octanol–water partition coefficient (Wildman–Crippen LogP) is 0.679. The number of anilines is 2. The van der Waals surface area contributed by atoms with Crippen LogP contribution in [-0.4, -0.2) is 37.6 Å². The molecule has 2 N–H and O–H groups in total. The smallest absolute Gasteiger partial charge is 0.276 e. The van der Waals surface area contributed by atoms with E-state index in [0.717, 1.165) is 18.7 Å². The van der Waals surface area contributed by atoms with E-state index in [4.69, 9.17) is 0 Å². The molecule has 0 aromatic carbocycles. The van der Waals surface area contributed by atoms with Gasteiger partial charge < -0.3 is 5.32 Å². The van der Waals surface area contributed by atoms with E-state index in [-0.39, 0.29) is 11.9 Å². The van der Waals surface area contributed by atoms with Gasteiger partial charge in [-0.05, 0) is 23.8 Å². The molecule has 0 fully saturated rings. The molecule has 0 atom stereocenters.